The lowest BCUT2D eigenvalue weighted by Gasteiger charge is -2.07. The third-order valence-corrected chi connectivity index (χ3v) is 4.49. The van der Waals surface area contributed by atoms with Crippen LogP contribution in [0.3, 0.4) is 0 Å². The molecule has 0 aliphatic heterocycles. The molecule has 0 spiro atoms. The number of aromatic nitrogens is 1. The number of para-hydroxylation sites is 1. The van der Waals surface area contributed by atoms with E-state index in [1.807, 2.05) is 25.1 Å². The molecule has 0 saturated carbocycles. The van der Waals surface area contributed by atoms with Gasteiger partial charge in [0, 0.05) is 10.6 Å². The largest absolute Gasteiger partial charge is 0.493 e. The first-order valence-corrected chi connectivity index (χ1v) is 8.06. The molecule has 2 rings (SSSR count). The molecule has 0 amide bonds. The number of hydrogen-bond acceptors (Lipinski definition) is 4. The van der Waals surface area contributed by atoms with Crippen molar-refractivity contribution >= 4 is 24.0 Å². The Morgan fingerprint density at radius 2 is 2.05 bits per heavy atom. The van der Waals surface area contributed by atoms with Crippen LogP contribution < -0.4 is 4.74 Å². The molecule has 102 valence electrons. The van der Waals surface area contributed by atoms with Gasteiger partial charge in [-0.05, 0) is 25.5 Å². The Labute approximate surface area is 124 Å². The standard InChI is InChI=1S/C15H19NOS2/c1-3-7-12-14(10-18)19-15(16-12)11-8-5-6-9-13(11)17-4-2/h5-6,8-9,18H,3-4,7,10H2,1-2H3. The first-order valence-electron chi connectivity index (χ1n) is 6.61. The van der Waals surface area contributed by atoms with Gasteiger partial charge in [0.2, 0.25) is 0 Å². The van der Waals surface area contributed by atoms with E-state index in [0.717, 1.165) is 34.9 Å². The van der Waals surface area contributed by atoms with Crippen molar-refractivity contribution in [1.82, 2.24) is 4.98 Å². The van der Waals surface area contributed by atoms with Crippen LogP contribution in [0.1, 0.15) is 30.8 Å². The number of thiol groups is 1. The van der Waals surface area contributed by atoms with Gasteiger partial charge in [0.15, 0.2) is 0 Å². The molecule has 0 N–H and O–H groups in total. The Kier molecular flexibility index (Phi) is 5.28. The van der Waals surface area contributed by atoms with Crippen LogP contribution >= 0.6 is 24.0 Å². The van der Waals surface area contributed by atoms with E-state index in [1.165, 1.54) is 10.6 Å². The number of benzene rings is 1. The van der Waals surface area contributed by atoms with Gasteiger partial charge in [0.05, 0.1) is 17.9 Å². The maximum atomic E-state index is 5.68. The molecule has 0 aliphatic rings. The number of rotatable bonds is 6. The van der Waals surface area contributed by atoms with Crippen LogP contribution in [0.15, 0.2) is 24.3 Å². The maximum Gasteiger partial charge on any atom is 0.129 e. The van der Waals surface area contributed by atoms with E-state index < -0.39 is 0 Å². The summed E-state index contributed by atoms with van der Waals surface area (Å²) in [4.78, 5) is 6.04. The smallest absolute Gasteiger partial charge is 0.129 e. The zero-order valence-electron chi connectivity index (χ0n) is 11.3. The fourth-order valence-corrected chi connectivity index (χ4v) is 3.35. The van der Waals surface area contributed by atoms with Gasteiger partial charge in [0.25, 0.3) is 0 Å². The first-order chi connectivity index (χ1) is 9.30. The third kappa shape index (κ3) is 3.31. The Hall–Kier alpha value is -1.00. The van der Waals surface area contributed by atoms with Crippen molar-refractivity contribution in [3.8, 4) is 16.3 Å². The van der Waals surface area contributed by atoms with Gasteiger partial charge in [-0.3, -0.25) is 0 Å². The van der Waals surface area contributed by atoms with Crippen LogP contribution in [-0.2, 0) is 12.2 Å². The van der Waals surface area contributed by atoms with E-state index in [4.69, 9.17) is 9.72 Å². The number of aryl methyl sites for hydroxylation is 1. The molecule has 0 bridgehead atoms. The van der Waals surface area contributed by atoms with Crippen molar-refractivity contribution in [2.75, 3.05) is 6.61 Å². The molecular weight excluding hydrogens is 274 g/mol. The van der Waals surface area contributed by atoms with Gasteiger partial charge in [0.1, 0.15) is 10.8 Å². The molecule has 4 heteroatoms. The Morgan fingerprint density at radius 1 is 1.26 bits per heavy atom. The van der Waals surface area contributed by atoms with Crippen molar-refractivity contribution in [2.45, 2.75) is 32.4 Å². The lowest BCUT2D eigenvalue weighted by Crippen LogP contribution is -1.93. The minimum atomic E-state index is 0.670. The van der Waals surface area contributed by atoms with Crippen LogP contribution in [0.25, 0.3) is 10.6 Å². The minimum absolute atomic E-state index is 0.670. The predicted molar refractivity (Wildman–Crippen MR) is 85.4 cm³/mol. The van der Waals surface area contributed by atoms with E-state index in [9.17, 15) is 0 Å². The molecule has 19 heavy (non-hydrogen) atoms. The highest BCUT2D eigenvalue weighted by Gasteiger charge is 2.14. The van der Waals surface area contributed by atoms with Crippen molar-refractivity contribution < 1.29 is 4.74 Å². The summed E-state index contributed by atoms with van der Waals surface area (Å²) in [5.41, 5.74) is 2.27. The molecule has 0 aliphatic carbocycles. The lowest BCUT2D eigenvalue weighted by molar-refractivity contribution is 0.341. The normalized spacial score (nSPS) is 10.7. The average molecular weight is 293 g/mol. The van der Waals surface area contributed by atoms with Gasteiger partial charge < -0.3 is 4.74 Å². The van der Waals surface area contributed by atoms with Crippen molar-refractivity contribution in [2.24, 2.45) is 0 Å². The Bertz CT molecular complexity index is 537. The lowest BCUT2D eigenvalue weighted by atomic mass is 10.2. The second-order valence-electron chi connectivity index (χ2n) is 4.23. The van der Waals surface area contributed by atoms with E-state index in [0.29, 0.717) is 6.61 Å². The second-order valence-corrected chi connectivity index (χ2v) is 5.63. The number of nitrogens with zero attached hydrogens (tertiary/aromatic N) is 1. The van der Waals surface area contributed by atoms with Crippen molar-refractivity contribution in [3.05, 3.63) is 34.8 Å². The fourth-order valence-electron chi connectivity index (χ4n) is 1.98. The monoisotopic (exact) mass is 293 g/mol. The first kappa shape index (κ1) is 14.4. The SMILES string of the molecule is CCCc1nc(-c2ccccc2OCC)sc1CS. The summed E-state index contributed by atoms with van der Waals surface area (Å²) in [5.74, 6) is 1.66. The van der Waals surface area contributed by atoms with Crippen molar-refractivity contribution in [3.63, 3.8) is 0 Å². The highest BCUT2D eigenvalue weighted by atomic mass is 32.1. The van der Waals surface area contributed by atoms with Gasteiger partial charge in [-0.15, -0.1) is 11.3 Å². The van der Waals surface area contributed by atoms with Crippen LogP contribution in [0.4, 0.5) is 0 Å². The second kappa shape index (κ2) is 6.96. The molecule has 1 heterocycles. The molecule has 0 saturated heterocycles. The molecule has 2 nitrogen and oxygen atoms in total. The molecule has 0 fully saturated rings. The zero-order chi connectivity index (χ0) is 13.7. The predicted octanol–water partition coefficient (Wildman–Crippen LogP) is 4.59. The number of thiazole rings is 1. The Balaban J connectivity index is 2.41. The van der Waals surface area contributed by atoms with Crippen molar-refractivity contribution in [1.29, 1.82) is 0 Å². The Morgan fingerprint density at radius 3 is 2.74 bits per heavy atom. The van der Waals surface area contributed by atoms with Gasteiger partial charge >= 0.3 is 0 Å². The molecule has 1 aromatic heterocycles. The quantitative estimate of drug-likeness (QED) is 0.787. The highest BCUT2D eigenvalue weighted by Crippen LogP contribution is 2.35. The summed E-state index contributed by atoms with van der Waals surface area (Å²) in [7, 11) is 0. The fraction of sp³-hybridized carbons (Fsp3) is 0.400. The molecule has 0 atom stereocenters. The van der Waals surface area contributed by atoms with E-state index in [1.54, 1.807) is 11.3 Å². The van der Waals surface area contributed by atoms with E-state index in [-0.39, 0.29) is 0 Å². The van der Waals surface area contributed by atoms with Crippen LogP contribution in [0, 0.1) is 0 Å². The number of hydrogen-bond donors (Lipinski definition) is 1. The summed E-state index contributed by atoms with van der Waals surface area (Å²) in [6, 6.07) is 8.09. The molecule has 1 aromatic carbocycles. The van der Waals surface area contributed by atoms with E-state index >= 15 is 0 Å². The van der Waals surface area contributed by atoms with Crippen LogP contribution in [-0.4, -0.2) is 11.6 Å². The summed E-state index contributed by atoms with van der Waals surface area (Å²) < 4.78 is 5.68. The van der Waals surface area contributed by atoms with Crippen LogP contribution in [0.2, 0.25) is 0 Å². The van der Waals surface area contributed by atoms with Gasteiger partial charge in [-0.1, -0.05) is 25.5 Å². The zero-order valence-corrected chi connectivity index (χ0v) is 13.1. The topological polar surface area (TPSA) is 22.1 Å². The van der Waals surface area contributed by atoms with Gasteiger partial charge in [-0.2, -0.15) is 12.6 Å². The minimum Gasteiger partial charge on any atom is -0.493 e. The number of ether oxygens (including phenoxy) is 1. The summed E-state index contributed by atoms with van der Waals surface area (Å²) in [5, 5.41) is 1.04. The summed E-state index contributed by atoms with van der Waals surface area (Å²) >= 11 is 6.13. The molecule has 0 radical (unpaired) electrons. The summed E-state index contributed by atoms with van der Waals surface area (Å²) in [6.45, 7) is 4.85. The average Bonchev–Trinajstić information content (AvgIpc) is 2.83. The van der Waals surface area contributed by atoms with Gasteiger partial charge in [-0.25, -0.2) is 4.98 Å². The molecule has 0 unspecified atom stereocenters. The summed E-state index contributed by atoms with van der Waals surface area (Å²) in [6.07, 6.45) is 2.13. The molecule has 2 aromatic rings. The molecular formula is C15H19NOS2. The van der Waals surface area contributed by atoms with Crippen LogP contribution in [0.5, 0.6) is 5.75 Å². The maximum absolute atomic E-state index is 5.68. The third-order valence-electron chi connectivity index (χ3n) is 2.83. The highest BCUT2D eigenvalue weighted by molar-refractivity contribution is 7.79. The van der Waals surface area contributed by atoms with E-state index in [2.05, 4.69) is 25.6 Å².